The summed E-state index contributed by atoms with van der Waals surface area (Å²) in [7, 11) is 0. The minimum absolute atomic E-state index is 0.170. The van der Waals surface area contributed by atoms with Crippen LogP contribution in [-0.2, 0) is 0 Å². The standard InChI is InChI=1S/C17H15ClN4OS/c1-2-10-22(16(23)13-7-3-4-8-14(13)18)17-21-20-15(24-17)12-6-5-9-19-11-12/h3-9,11H,2,10H2,1H3. The van der Waals surface area contributed by atoms with Crippen molar-refractivity contribution in [3.63, 3.8) is 0 Å². The predicted octanol–water partition coefficient (Wildman–Crippen LogP) is 4.31. The molecule has 5 nitrogen and oxygen atoms in total. The van der Waals surface area contributed by atoms with Crippen LogP contribution >= 0.6 is 22.9 Å². The molecule has 1 aromatic carbocycles. The number of carbonyl (C=O) groups is 1. The normalized spacial score (nSPS) is 10.6. The quantitative estimate of drug-likeness (QED) is 0.681. The highest BCUT2D eigenvalue weighted by Crippen LogP contribution is 2.30. The topological polar surface area (TPSA) is 59.0 Å². The van der Waals surface area contributed by atoms with Gasteiger partial charge < -0.3 is 0 Å². The average Bonchev–Trinajstić information content (AvgIpc) is 3.10. The van der Waals surface area contributed by atoms with Gasteiger partial charge in [-0.3, -0.25) is 14.7 Å². The minimum Gasteiger partial charge on any atom is -0.283 e. The fraction of sp³-hybridized carbons (Fsp3) is 0.176. The van der Waals surface area contributed by atoms with Crippen molar-refractivity contribution in [3.05, 3.63) is 59.4 Å². The Hall–Kier alpha value is -2.31. The molecule has 7 heteroatoms. The summed E-state index contributed by atoms with van der Waals surface area (Å²) in [6.45, 7) is 2.56. The highest BCUT2D eigenvalue weighted by atomic mass is 35.5. The Morgan fingerprint density at radius 3 is 2.75 bits per heavy atom. The lowest BCUT2D eigenvalue weighted by Gasteiger charge is -2.19. The second-order valence-corrected chi connectivity index (χ2v) is 6.43. The van der Waals surface area contributed by atoms with Crippen LogP contribution in [0.25, 0.3) is 10.6 Å². The SMILES string of the molecule is CCCN(C(=O)c1ccccc1Cl)c1nnc(-c2cccnc2)s1. The van der Waals surface area contributed by atoms with Crippen LogP contribution in [0.5, 0.6) is 0 Å². The molecule has 0 aliphatic carbocycles. The molecule has 0 radical (unpaired) electrons. The monoisotopic (exact) mass is 358 g/mol. The van der Waals surface area contributed by atoms with Gasteiger partial charge in [0.2, 0.25) is 5.13 Å². The van der Waals surface area contributed by atoms with Crippen LogP contribution in [0.3, 0.4) is 0 Å². The van der Waals surface area contributed by atoms with Crippen LogP contribution in [0.4, 0.5) is 5.13 Å². The zero-order chi connectivity index (χ0) is 16.9. The van der Waals surface area contributed by atoms with E-state index in [-0.39, 0.29) is 5.91 Å². The molecule has 3 aromatic rings. The van der Waals surface area contributed by atoms with E-state index in [9.17, 15) is 4.79 Å². The largest absolute Gasteiger partial charge is 0.283 e. The summed E-state index contributed by atoms with van der Waals surface area (Å²) in [5.74, 6) is -0.170. The number of benzene rings is 1. The number of hydrogen-bond acceptors (Lipinski definition) is 5. The first-order chi connectivity index (χ1) is 11.7. The lowest BCUT2D eigenvalue weighted by atomic mass is 10.2. The van der Waals surface area contributed by atoms with Crippen molar-refractivity contribution in [3.8, 4) is 10.6 Å². The molecule has 0 aliphatic rings. The second kappa shape index (κ2) is 7.51. The number of halogens is 1. The van der Waals surface area contributed by atoms with Crippen LogP contribution in [0, 0.1) is 0 Å². The fourth-order valence-electron chi connectivity index (χ4n) is 2.22. The lowest BCUT2D eigenvalue weighted by Crippen LogP contribution is -2.31. The lowest BCUT2D eigenvalue weighted by molar-refractivity contribution is 0.0987. The molecular weight excluding hydrogens is 344 g/mol. The molecule has 1 amide bonds. The van der Waals surface area contributed by atoms with Crippen molar-refractivity contribution in [2.24, 2.45) is 0 Å². The molecule has 0 atom stereocenters. The van der Waals surface area contributed by atoms with Gasteiger partial charge in [-0.05, 0) is 30.7 Å². The molecule has 122 valence electrons. The van der Waals surface area contributed by atoms with Gasteiger partial charge in [-0.2, -0.15) is 0 Å². The number of hydrogen-bond donors (Lipinski definition) is 0. The Labute approximate surface area is 148 Å². The van der Waals surface area contributed by atoms with Crippen molar-refractivity contribution < 1.29 is 4.79 Å². The number of pyridine rings is 1. The van der Waals surface area contributed by atoms with E-state index in [4.69, 9.17) is 11.6 Å². The van der Waals surface area contributed by atoms with Crippen LogP contribution in [0.2, 0.25) is 5.02 Å². The smallest absolute Gasteiger partial charge is 0.261 e. The average molecular weight is 359 g/mol. The van der Waals surface area contributed by atoms with Crippen molar-refractivity contribution in [1.29, 1.82) is 0 Å². The molecule has 0 spiro atoms. The van der Waals surface area contributed by atoms with E-state index in [0.29, 0.717) is 22.3 Å². The van der Waals surface area contributed by atoms with Crippen LogP contribution in [0.15, 0.2) is 48.8 Å². The summed E-state index contributed by atoms with van der Waals surface area (Å²) >= 11 is 7.53. The summed E-state index contributed by atoms with van der Waals surface area (Å²) < 4.78 is 0. The third-order valence-electron chi connectivity index (χ3n) is 3.35. The first kappa shape index (κ1) is 16.5. The highest BCUT2D eigenvalue weighted by Gasteiger charge is 2.22. The van der Waals surface area contributed by atoms with E-state index in [1.165, 1.54) is 11.3 Å². The molecule has 24 heavy (non-hydrogen) atoms. The van der Waals surface area contributed by atoms with E-state index < -0.39 is 0 Å². The maximum atomic E-state index is 12.9. The minimum atomic E-state index is -0.170. The number of nitrogens with zero attached hydrogens (tertiary/aromatic N) is 4. The Morgan fingerprint density at radius 2 is 2.04 bits per heavy atom. The van der Waals surface area contributed by atoms with Crippen LogP contribution in [0.1, 0.15) is 23.7 Å². The zero-order valence-corrected chi connectivity index (χ0v) is 14.6. The molecule has 0 unspecified atom stereocenters. The number of amides is 1. The van der Waals surface area contributed by atoms with Gasteiger partial charge in [-0.25, -0.2) is 0 Å². The molecule has 0 aliphatic heterocycles. The van der Waals surface area contributed by atoms with E-state index in [1.54, 1.807) is 41.6 Å². The fourth-order valence-corrected chi connectivity index (χ4v) is 3.29. The molecule has 0 saturated heterocycles. The van der Waals surface area contributed by atoms with Crippen LogP contribution < -0.4 is 4.90 Å². The molecule has 0 fully saturated rings. The first-order valence-electron chi connectivity index (χ1n) is 7.51. The molecule has 3 rings (SSSR count). The summed E-state index contributed by atoms with van der Waals surface area (Å²) in [4.78, 5) is 18.6. The van der Waals surface area contributed by atoms with Gasteiger partial charge in [-0.15, -0.1) is 10.2 Å². The van der Waals surface area contributed by atoms with Gasteiger partial charge in [0.25, 0.3) is 5.91 Å². The highest BCUT2D eigenvalue weighted by molar-refractivity contribution is 7.18. The summed E-state index contributed by atoms with van der Waals surface area (Å²) in [5, 5.41) is 10.1. The van der Waals surface area contributed by atoms with E-state index in [1.807, 2.05) is 19.1 Å². The number of rotatable bonds is 5. The third-order valence-corrected chi connectivity index (χ3v) is 4.68. The first-order valence-corrected chi connectivity index (χ1v) is 8.70. The predicted molar refractivity (Wildman–Crippen MR) is 96.6 cm³/mol. The van der Waals surface area contributed by atoms with Crippen LogP contribution in [-0.4, -0.2) is 27.6 Å². The molecule has 0 bridgehead atoms. The second-order valence-electron chi connectivity index (χ2n) is 5.07. The number of aromatic nitrogens is 3. The van der Waals surface area contributed by atoms with Crippen molar-refractivity contribution in [2.75, 3.05) is 11.4 Å². The zero-order valence-electron chi connectivity index (χ0n) is 13.0. The van der Waals surface area contributed by atoms with Gasteiger partial charge in [0.05, 0.1) is 10.6 Å². The van der Waals surface area contributed by atoms with Gasteiger partial charge in [0.15, 0.2) is 5.01 Å². The molecular formula is C17H15ClN4OS. The maximum absolute atomic E-state index is 12.9. The summed E-state index contributed by atoms with van der Waals surface area (Å²) in [6, 6.07) is 10.8. The van der Waals surface area contributed by atoms with Crippen molar-refractivity contribution >= 4 is 34.0 Å². The third kappa shape index (κ3) is 3.44. The molecule has 0 saturated carbocycles. The summed E-state index contributed by atoms with van der Waals surface area (Å²) in [5.41, 5.74) is 1.34. The number of carbonyl (C=O) groups excluding carboxylic acids is 1. The Morgan fingerprint density at radius 1 is 1.21 bits per heavy atom. The Kier molecular flexibility index (Phi) is 5.17. The molecule has 0 N–H and O–H groups in total. The van der Waals surface area contributed by atoms with Gasteiger partial charge in [-0.1, -0.05) is 42.0 Å². The van der Waals surface area contributed by atoms with E-state index >= 15 is 0 Å². The van der Waals surface area contributed by atoms with Gasteiger partial charge >= 0.3 is 0 Å². The summed E-state index contributed by atoms with van der Waals surface area (Å²) in [6.07, 6.45) is 4.23. The van der Waals surface area contributed by atoms with E-state index in [0.717, 1.165) is 17.0 Å². The number of anilines is 1. The molecule has 2 aromatic heterocycles. The van der Waals surface area contributed by atoms with E-state index in [2.05, 4.69) is 15.2 Å². The molecule has 2 heterocycles. The van der Waals surface area contributed by atoms with Gasteiger partial charge in [0, 0.05) is 24.5 Å². The Balaban J connectivity index is 1.93. The van der Waals surface area contributed by atoms with Crippen molar-refractivity contribution in [1.82, 2.24) is 15.2 Å². The van der Waals surface area contributed by atoms with Gasteiger partial charge in [0.1, 0.15) is 0 Å². The maximum Gasteiger partial charge on any atom is 0.261 e. The van der Waals surface area contributed by atoms with Crippen molar-refractivity contribution in [2.45, 2.75) is 13.3 Å². The Bertz CT molecular complexity index is 837.